The largest absolute Gasteiger partial charge is 0.395 e. The number of aliphatic hydroxyl groups is 1. The van der Waals surface area contributed by atoms with E-state index < -0.39 is 0 Å². The van der Waals surface area contributed by atoms with E-state index in [1.807, 2.05) is 7.05 Å². The molecule has 0 aromatic heterocycles. The monoisotopic (exact) mass is 340 g/mol. The molecule has 1 aliphatic carbocycles. The number of nitrogens with zero attached hydrogens (tertiary/aromatic N) is 1. The molecule has 0 bridgehead atoms. The molecule has 1 aliphatic rings. The van der Waals surface area contributed by atoms with Crippen LogP contribution in [0.5, 0.6) is 0 Å². The van der Waals surface area contributed by atoms with Crippen LogP contribution >= 0.6 is 15.9 Å². The number of aliphatic hydroxyl groups excluding tert-OH is 1. The molecule has 0 radical (unpaired) electrons. The summed E-state index contributed by atoms with van der Waals surface area (Å²) in [6, 6.07) is 7.47. The number of hydrogen-bond acceptors (Lipinski definition) is 3. The summed E-state index contributed by atoms with van der Waals surface area (Å²) in [7, 11) is 1.98. The maximum atomic E-state index is 9.36. The van der Waals surface area contributed by atoms with Gasteiger partial charge in [-0.25, -0.2) is 0 Å². The van der Waals surface area contributed by atoms with Crippen LogP contribution in [0.4, 0.5) is 5.69 Å². The van der Waals surface area contributed by atoms with Gasteiger partial charge in [0.25, 0.3) is 0 Å². The van der Waals surface area contributed by atoms with Crippen LogP contribution < -0.4 is 10.2 Å². The highest BCUT2D eigenvalue weighted by Crippen LogP contribution is 2.34. The first-order valence-corrected chi connectivity index (χ1v) is 8.31. The highest BCUT2D eigenvalue weighted by Gasteiger charge is 2.24. The van der Waals surface area contributed by atoms with Crippen molar-refractivity contribution in [3.8, 4) is 0 Å². The van der Waals surface area contributed by atoms with Crippen LogP contribution in [0.25, 0.3) is 0 Å². The van der Waals surface area contributed by atoms with Gasteiger partial charge in [0.2, 0.25) is 0 Å². The molecule has 20 heavy (non-hydrogen) atoms. The Hall–Kier alpha value is -0.580. The SMILES string of the molecule is CNC(C)c1ccc(N(CCO)C2CCCC2)c(Br)c1. The number of anilines is 1. The minimum atomic E-state index is 0.206. The molecule has 0 amide bonds. The third kappa shape index (κ3) is 3.54. The zero-order valence-electron chi connectivity index (χ0n) is 12.4. The highest BCUT2D eigenvalue weighted by molar-refractivity contribution is 9.10. The Morgan fingerprint density at radius 1 is 1.40 bits per heavy atom. The summed E-state index contributed by atoms with van der Waals surface area (Å²) in [6.45, 7) is 3.08. The Labute approximate surface area is 130 Å². The van der Waals surface area contributed by atoms with Crippen LogP contribution in [-0.2, 0) is 0 Å². The van der Waals surface area contributed by atoms with Crippen molar-refractivity contribution in [3.05, 3.63) is 28.2 Å². The summed E-state index contributed by atoms with van der Waals surface area (Å²) >= 11 is 3.71. The Bertz CT molecular complexity index is 432. The van der Waals surface area contributed by atoms with E-state index in [0.717, 1.165) is 4.47 Å². The fraction of sp³-hybridized carbons (Fsp3) is 0.625. The topological polar surface area (TPSA) is 35.5 Å². The number of halogens is 1. The van der Waals surface area contributed by atoms with Gasteiger partial charge in [-0.2, -0.15) is 0 Å². The predicted octanol–water partition coefficient (Wildman–Crippen LogP) is 3.47. The van der Waals surface area contributed by atoms with Gasteiger partial charge in [0.15, 0.2) is 0 Å². The van der Waals surface area contributed by atoms with Crippen molar-refractivity contribution in [2.75, 3.05) is 25.1 Å². The minimum Gasteiger partial charge on any atom is -0.395 e. The van der Waals surface area contributed by atoms with Crippen LogP contribution in [0.3, 0.4) is 0 Å². The van der Waals surface area contributed by atoms with Crippen molar-refractivity contribution in [1.29, 1.82) is 0 Å². The summed E-state index contributed by atoms with van der Waals surface area (Å²) in [4.78, 5) is 2.37. The molecule has 0 spiro atoms. The Kier molecular flexibility index (Phi) is 5.87. The maximum Gasteiger partial charge on any atom is 0.0606 e. The zero-order valence-corrected chi connectivity index (χ0v) is 14.0. The average Bonchev–Trinajstić information content (AvgIpc) is 2.98. The van der Waals surface area contributed by atoms with Gasteiger partial charge in [0, 0.05) is 23.1 Å². The van der Waals surface area contributed by atoms with E-state index in [1.54, 1.807) is 0 Å². The van der Waals surface area contributed by atoms with Crippen LogP contribution in [0.1, 0.15) is 44.2 Å². The molecule has 0 saturated heterocycles. The van der Waals surface area contributed by atoms with Crippen molar-refractivity contribution in [2.45, 2.75) is 44.7 Å². The predicted molar refractivity (Wildman–Crippen MR) is 88.3 cm³/mol. The second-order valence-corrected chi connectivity index (χ2v) is 6.43. The summed E-state index contributed by atoms with van der Waals surface area (Å²) in [5, 5.41) is 12.6. The molecular weight excluding hydrogens is 316 g/mol. The Morgan fingerprint density at radius 2 is 2.10 bits per heavy atom. The van der Waals surface area contributed by atoms with Crippen molar-refractivity contribution in [1.82, 2.24) is 5.32 Å². The van der Waals surface area contributed by atoms with Crippen molar-refractivity contribution >= 4 is 21.6 Å². The van der Waals surface area contributed by atoms with Crippen LogP contribution in [-0.4, -0.2) is 31.3 Å². The number of nitrogens with one attached hydrogen (secondary N) is 1. The second-order valence-electron chi connectivity index (χ2n) is 5.58. The lowest BCUT2D eigenvalue weighted by molar-refractivity contribution is 0.297. The Morgan fingerprint density at radius 3 is 2.65 bits per heavy atom. The van der Waals surface area contributed by atoms with Crippen molar-refractivity contribution in [2.24, 2.45) is 0 Å². The Balaban J connectivity index is 2.24. The first-order valence-electron chi connectivity index (χ1n) is 7.51. The van der Waals surface area contributed by atoms with Gasteiger partial charge in [-0.3, -0.25) is 0 Å². The van der Waals surface area contributed by atoms with Gasteiger partial charge in [0.05, 0.1) is 12.3 Å². The van der Waals surface area contributed by atoms with Crippen molar-refractivity contribution in [3.63, 3.8) is 0 Å². The lowest BCUT2D eigenvalue weighted by atomic mass is 10.1. The van der Waals surface area contributed by atoms with E-state index in [0.29, 0.717) is 18.6 Å². The van der Waals surface area contributed by atoms with E-state index in [1.165, 1.54) is 36.9 Å². The van der Waals surface area contributed by atoms with E-state index in [4.69, 9.17) is 0 Å². The van der Waals surface area contributed by atoms with Gasteiger partial charge in [-0.05, 0) is 60.4 Å². The van der Waals surface area contributed by atoms with E-state index in [-0.39, 0.29) is 6.61 Å². The van der Waals surface area contributed by atoms with E-state index in [2.05, 4.69) is 51.3 Å². The third-order valence-corrected chi connectivity index (χ3v) is 4.96. The van der Waals surface area contributed by atoms with Gasteiger partial charge in [0.1, 0.15) is 0 Å². The molecule has 2 rings (SSSR count). The van der Waals surface area contributed by atoms with Crippen LogP contribution in [0, 0.1) is 0 Å². The molecule has 112 valence electrons. The summed E-state index contributed by atoms with van der Waals surface area (Å²) in [5.74, 6) is 0. The van der Waals surface area contributed by atoms with E-state index in [9.17, 15) is 5.11 Å². The first-order chi connectivity index (χ1) is 9.67. The van der Waals surface area contributed by atoms with Crippen LogP contribution in [0.15, 0.2) is 22.7 Å². The smallest absolute Gasteiger partial charge is 0.0606 e. The second kappa shape index (κ2) is 7.43. The molecule has 0 aliphatic heterocycles. The molecule has 0 heterocycles. The highest BCUT2D eigenvalue weighted by atomic mass is 79.9. The quantitative estimate of drug-likeness (QED) is 0.832. The summed E-state index contributed by atoms with van der Waals surface area (Å²) in [5.41, 5.74) is 2.48. The molecule has 1 saturated carbocycles. The zero-order chi connectivity index (χ0) is 14.5. The third-order valence-electron chi connectivity index (χ3n) is 4.32. The summed E-state index contributed by atoms with van der Waals surface area (Å²) in [6.07, 6.45) is 5.08. The molecule has 2 N–H and O–H groups in total. The normalized spacial score (nSPS) is 17.4. The molecule has 1 atom stereocenters. The lowest BCUT2D eigenvalue weighted by Gasteiger charge is -2.32. The minimum absolute atomic E-state index is 0.206. The van der Waals surface area contributed by atoms with Gasteiger partial charge >= 0.3 is 0 Å². The standard InChI is InChI=1S/C16H25BrN2O/c1-12(18-2)13-7-8-16(15(17)11-13)19(9-10-20)14-5-3-4-6-14/h7-8,11-12,14,18,20H,3-6,9-10H2,1-2H3. The number of rotatable bonds is 6. The maximum absolute atomic E-state index is 9.36. The fourth-order valence-corrected chi connectivity index (χ4v) is 3.64. The number of benzene rings is 1. The lowest BCUT2D eigenvalue weighted by Crippen LogP contribution is -2.36. The average molecular weight is 341 g/mol. The van der Waals surface area contributed by atoms with E-state index >= 15 is 0 Å². The fourth-order valence-electron chi connectivity index (χ4n) is 3.02. The van der Waals surface area contributed by atoms with Crippen molar-refractivity contribution < 1.29 is 5.11 Å². The molecule has 3 nitrogen and oxygen atoms in total. The molecule has 1 fully saturated rings. The molecule has 1 aromatic rings. The molecular formula is C16H25BrN2O. The van der Waals surface area contributed by atoms with Gasteiger partial charge in [-0.1, -0.05) is 18.9 Å². The van der Waals surface area contributed by atoms with Gasteiger partial charge in [-0.15, -0.1) is 0 Å². The molecule has 4 heteroatoms. The first kappa shape index (κ1) is 15.8. The summed E-state index contributed by atoms with van der Waals surface area (Å²) < 4.78 is 1.12. The van der Waals surface area contributed by atoms with Crippen LogP contribution in [0.2, 0.25) is 0 Å². The molecule has 1 unspecified atom stereocenters. The molecule has 1 aromatic carbocycles. The number of hydrogen-bond donors (Lipinski definition) is 2. The van der Waals surface area contributed by atoms with Gasteiger partial charge < -0.3 is 15.3 Å².